The Morgan fingerprint density at radius 2 is 1.90 bits per heavy atom. The second kappa shape index (κ2) is 7.37. The fourth-order valence-electron chi connectivity index (χ4n) is 3.07. The predicted octanol–water partition coefficient (Wildman–Crippen LogP) is 4.27. The van der Waals surface area contributed by atoms with Crippen molar-refractivity contribution in [3.8, 4) is 11.5 Å². The Hall–Kier alpha value is -0.930. The summed E-state index contributed by atoms with van der Waals surface area (Å²) in [5.74, 6) is 2.93. The van der Waals surface area contributed by atoms with Crippen molar-refractivity contribution in [2.24, 2.45) is 11.8 Å². The summed E-state index contributed by atoms with van der Waals surface area (Å²) in [4.78, 5) is 0. The first kappa shape index (κ1) is 16.4. The largest absolute Gasteiger partial charge is 0.493 e. The van der Waals surface area contributed by atoms with Gasteiger partial charge in [0.2, 0.25) is 0 Å². The van der Waals surface area contributed by atoms with E-state index in [1.807, 2.05) is 12.1 Å². The summed E-state index contributed by atoms with van der Waals surface area (Å²) >= 11 is 6.24. The highest BCUT2D eigenvalue weighted by molar-refractivity contribution is 6.32. The molecule has 1 N–H and O–H groups in total. The highest BCUT2D eigenvalue weighted by Crippen LogP contribution is 2.36. The average molecular weight is 312 g/mol. The van der Waals surface area contributed by atoms with Gasteiger partial charge in [0, 0.05) is 12.6 Å². The van der Waals surface area contributed by atoms with E-state index in [0.717, 1.165) is 23.9 Å². The maximum atomic E-state index is 6.24. The average Bonchev–Trinajstić information content (AvgIpc) is 2.47. The molecule has 0 spiro atoms. The van der Waals surface area contributed by atoms with Crippen molar-refractivity contribution in [2.75, 3.05) is 14.2 Å². The molecule has 21 heavy (non-hydrogen) atoms. The van der Waals surface area contributed by atoms with Crippen LogP contribution in [0.5, 0.6) is 11.5 Å². The summed E-state index contributed by atoms with van der Waals surface area (Å²) in [6.45, 7) is 5.52. The molecular weight excluding hydrogens is 286 g/mol. The molecule has 1 aromatic rings. The minimum atomic E-state index is 0.597. The van der Waals surface area contributed by atoms with E-state index in [0.29, 0.717) is 22.6 Å². The Labute approximate surface area is 133 Å². The Kier molecular flexibility index (Phi) is 5.77. The molecule has 2 rings (SSSR count). The van der Waals surface area contributed by atoms with Gasteiger partial charge in [-0.1, -0.05) is 25.4 Å². The van der Waals surface area contributed by atoms with Gasteiger partial charge in [-0.25, -0.2) is 0 Å². The van der Waals surface area contributed by atoms with Gasteiger partial charge in [-0.15, -0.1) is 0 Å². The van der Waals surface area contributed by atoms with Crippen LogP contribution in [-0.4, -0.2) is 20.3 Å². The number of ether oxygens (including phenoxy) is 2. The molecule has 0 bridgehead atoms. The van der Waals surface area contributed by atoms with Crippen LogP contribution in [0.4, 0.5) is 0 Å². The molecule has 0 radical (unpaired) electrons. The first-order valence-electron chi connectivity index (χ1n) is 7.69. The lowest BCUT2D eigenvalue weighted by atomic mass is 9.79. The lowest BCUT2D eigenvalue weighted by molar-refractivity contribution is 0.225. The lowest BCUT2D eigenvalue weighted by Crippen LogP contribution is -2.35. The zero-order chi connectivity index (χ0) is 15.4. The molecule has 1 aromatic carbocycles. The zero-order valence-electron chi connectivity index (χ0n) is 13.4. The van der Waals surface area contributed by atoms with E-state index in [4.69, 9.17) is 21.1 Å². The number of benzene rings is 1. The lowest BCUT2D eigenvalue weighted by Gasteiger charge is -2.32. The molecule has 0 amide bonds. The van der Waals surface area contributed by atoms with Crippen molar-refractivity contribution in [1.29, 1.82) is 0 Å². The minimum absolute atomic E-state index is 0.597. The fourth-order valence-corrected chi connectivity index (χ4v) is 3.38. The second-order valence-corrected chi connectivity index (χ2v) is 6.57. The molecule has 0 heterocycles. The molecule has 4 heteroatoms. The summed E-state index contributed by atoms with van der Waals surface area (Å²) in [7, 11) is 3.24. The molecule has 3 atom stereocenters. The minimum Gasteiger partial charge on any atom is -0.493 e. The van der Waals surface area contributed by atoms with Gasteiger partial charge in [0.25, 0.3) is 0 Å². The van der Waals surface area contributed by atoms with E-state index < -0.39 is 0 Å². The highest BCUT2D eigenvalue weighted by atomic mass is 35.5. The molecule has 3 nitrogen and oxygen atoms in total. The van der Waals surface area contributed by atoms with Crippen LogP contribution in [0, 0.1) is 11.8 Å². The summed E-state index contributed by atoms with van der Waals surface area (Å²) in [6.07, 6.45) is 3.82. The maximum Gasteiger partial charge on any atom is 0.179 e. The third-order valence-corrected chi connectivity index (χ3v) is 4.97. The van der Waals surface area contributed by atoms with Crippen LogP contribution in [0.15, 0.2) is 12.1 Å². The predicted molar refractivity (Wildman–Crippen MR) is 87.4 cm³/mol. The number of nitrogens with one attached hydrogen (secondary N) is 1. The number of rotatable bonds is 5. The van der Waals surface area contributed by atoms with Crippen molar-refractivity contribution in [1.82, 2.24) is 5.32 Å². The molecule has 0 aromatic heterocycles. The van der Waals surface area contributed by atoms with Crippen LogP contribution in [-0.2, 0) is 6.54 Å². The standard InChI is InChI=1S/C17H26ClNO2/c1-11-5-6-14(7-12(11)2)19-10-13-8-15(18)17(21-4)16(9-13)20-3/h8-9,11-12,14,19H,5-7,10H2,1-4H3. The number of methoxy groups -OCH3 is 2. The van der Waals surface area contributed by atoms with Gasteiger partial charge in [-0.2, -0.15) is 0 Å². The SMILES string of the molecule is COc1cc(CNC2CCC(C)C(C)C2)cc(Cl)c1OC. The summed E-state index contributed by atoms with van der Waals surface area (Å²) < 4.78 is 10.6. The van der Waals surface area contributed by atoms with E-state index in [9.17, 15) is 0 Å². The highest BCUT2D eigenvalue weighted by Gasteiger charge is 2.24. The van der Waals surface area contributed by atoms with E-state index >= 15 is 0 Å². The fraction of sp³-hybridized carbons (Fsp3) is 0.647. The van der Waals surface area contributed by atoms with E-state index in [-0.39, 0.29) is 0 Å². The van der Waals surface area contributed by atoms with Crippen molar-refractivity contribution in [3.05, 3.63) is 22.7 Å². The molecule has 1 aliphatic rings. The van der Waals surface area contributed by atoms with E-state index in [1.165, 1.54) is 19.3 Å². The first-order chi connectivity index (χ1) is 10.0. The third kappa shape index (κ3) is 4.04. The Bertz CT molecular complexity index is 478. The third-order valence-electron chi connectivity index (χ3n) is 4.69. The van der Waals surface area contributed by atoms with Gasteiger partial charge >= 0.3 is 0 Å². The smallest absolute Gasteiger partial charge is 0.179 e. The molecule has 1 saturated carbocycles. The molecule has 0 aliphatic heterocycles. The van der Waals surface area contributed by atoms with Crippen LogP contribution < -0.4 is 14.8 Å². The molecule has 1 fully saturated rings. The number of hydrogen-bond acceptors (Lipinski definition) is 3. The van der Waals surface area contributed by atoms with Crippen LogP contribution in [0.2, 0.25) is 5.02 Å². The summed E-state index contributed by atoms with van der Waals surface area (Å²) in [5, 5.41) is 4.25. The van der Waals surface area contributed by atoms with Gasteiger partial charge in [-0.05, 0) is 48.8 Å². The second-order valence-electron chi connectivity index (χ2n) is 6.16. The normalized spacial score (nSPS) is 25.7. The molecule has 3 unspecified atom stereocenters. The van der Waals surface area contributed by atoms with Gasteiger partial charge < -0.3 is 14.8 Å². The van der Waals surface area contributed by atoms with Crippen molar-refractivity contribution < 1.29 is 9.47 Å². The van der Waals surface area contributed by atoms with Crippen LogP contribution >= 0.6 is 11.6 Å². The Morgan fingerprint density at radius 1 is 1.14 bits per heavy atom. The molecule has 0 saturated heterocycles. The van der Waals surface area contributed by atoms with Crippen LogP contribution in [0.25, 0.3) is 0 Å². The van der Waals surface area contributed by atoms with Crippen LogP contribution in [0.1, 0.15) is 38.7 Å². The topological polar surface area (TPSA) is 30.5 Å². The maximum absolute atomic E-state index is 6.24. The molecular formula is C17H26ClNO2. The van der Waals surface area contributed by atoms with Crippen molar-refractivity contribution in [2.45, 2.75) is 45.7 Å². The summed E-state index contributed by atoms with van der Waals surface area (Å²) in [6, 6.07) is 4.54. The van der Waals surface area contributed by atoms with Gasteiger partial charge in [-0.3, -0.25) is 0 Å². The quantitative estimate of drug-likeness (QED) is 0.881. The van der Waals surface area contributed by atoms with Gasteiger partial charge in [0.1, 0.15) is 0 Å². The molecule has 118 valence electrons. The number of hydrogen-bond donors (Lipinski definition) is 1. The van der Waals surface area contributed by atoms with Crippen LogP contribution in [0.3, 0.4) is 0 Å². The van der Waals surface area contributed by atoms with E-state index in [1.54, 1.807) is 14.2 Å². The van der Waals surface area contributed by atoms with Gasteiger partial charge in [0.15, 0.2) is 11.5 Å². The first-order valence-corrected chi connectivity index (χ1v) is 8.06. The Morgan fingerprint density at radius 3 is 2.52 bits per heavy atom. The Balaban J connectivity index is 1.99. The van der Waals surface area contributed by atoms with E-state index in [2.05, 4.69) is 19.2 Å². The van der Waals surface area contributed by atoms with Gasteiger partial charge in [0.05, 0.1) is 19.2 Å². The monoisotopic (exact) mass is 311 g/mol. The van der Waals surface area contributed by atoms with Crippen molar-refractivity contribution in [3.63, 3.8) is 0 Å². The summed E-state index contributed by atoms with van der Waals surface area (Å²) in [5.41, 5.74) is 1.13. The molecule has 1 aliphatic carbocycles. The number of halogens is 1. The zero-order valence-corrected chi connectivity index (χ0v) is 14.2. The van der Waals surface area contributed by atoms with Crippen molar-refractivity contribution >= 4 is 11.6 Å².